The van der Waals surface area contributed by atoms with Gasteiger partial charge in [-0.3, -0.25) is 9.48 Å². The molecule has 1 heterocycles. The van der Waals surface area contributed by atoms with E-state index in [2.05, 4.69) is 10.4 Å². The Bertz CT molecular complexity index is 673. The largest absolute Gasteiger partial charge is 0.370 e. The van der Waals surface area contributed by atoms with Gasteiger partial charge in [0.25, 0.3) is 0 Å². The minimum atomic E-state index is -0.750. The summed E-state index contributed by atoms with van der Waals surface area (Å²) in [6.45, 7) is 5.47. The Kier molecular flexibility index (Phi) is 3.97. The normalized spacial score (nSPS) is 12.2. The number of benzene rings is 1. The molecule has 0 aliphatic carbocycles. The van der Waals surface area contributed by atoms with E-state index in [9.17, 15) is 9.18 Å². The maximum atomic E-state index is 13.5. The first-order valence-electron chi connectivity index (χ1n) is 6.62. The van der Waals surface area contributed by atoms with Crippen LogP contribution in [0.1, 0.15) is 28.6 Å². The molecule has 21 heavy (non-hydrogen) atoms. The molecular weight excluding hydrogens is 271 g/mol. The molecule has 0 bridgehead atoms. The molecule has 1 aromatic carbocycles. The molecule has 1 unspecified atom stereocenters. The highest BCUT2D eigenvalue weighted by Crippen LogP contribution is 2.26. The topological polar surface area (TPSA) is 72.9 Å². The molecule has 112 valence electrons. The third-order valence-electron chi connectivity index (χ3n) is 3.49. The summed E-state index contributed by atoms with van der Waals surface area (Å²) in [5, 5.41) is 7.29. The van der Waals surface area contributed by atoms with Crippen LogP contribution in [-0.4, -0.2) is 15.7 Å². The van der Waals surface area contributed by atoms with Gasteiger partial charge in [-0.2, -0.15) is 5.10 Å². The monoisotopic (exact) mass is 290 g/mol. The van der Waals surface area contributed by atoms with Crippen LogP contribution in [0.15, 0.2) is 18.2 Å². The summed E-state index contributed by atoms with van der Waals surface area (Å²) < 4.78 is 15.2. The van der Waals surface area contributed by atoms with Crippen LogP contribution in [0.5, 0.6) is 0 Å². The molecule has 0 aliphatic heterocycles. The number of primary amides is 1. The number of nitrogens with one attached hydrogen (secondary N) is 1. The fourth-order valence-corrected chi connectivity index (χ4v) is 2.48. The van der Waals surface area contributed by atoms with E-state index in [-0.39, 0.29) is 5.82 Å². The number of aryl methyl sites for hydroxylation is 3. The third kappa shape index (κ3) is 3.04. The van der Waals surface area contributed by atoms with Gasteiger partial charge in [0, 0.05) is 24.0 Å². The van der Waals surface area contributed by atoms with E-state index in [0.29, 0.717) is 5.69 Å². The lowest BCUT2D eigenvalue weighted by Gasteiger charge is -2.18. The molecule has 1 aromatic heterocycles. The predicted molar refractivity (Wildman–Crippen MR) is 79.4 cm³/mol. The van der Waals surface area contributed by atoms with Gasteiger partial charge in [-0.25, -0.2) is 4.39 Å². The molecule has 1 amide bonds. The number of anilines is 1. The fourth-order valence-electron chi connectivity index (χ4n) is 2.48. The minimum absolute atomic E-state index is 0.361. The first-order chi connectivity index (χ1) is 9.79. The van der Waals surface area contributed by atoms with Gasteiger partial charge in [0.1, 0.15) is 11.9 Å². The van der Waals surface area contributed by atoms with Crippen molar-refractivity contribution >= 4 is 11.6 Å². The smallest absolute Gasteiger partial charge is 0.244 e. The fraction of sp³-hybridized carbons (Fsp3) is 0.333. The summed E-state index contributed by atoms with van der Waals surface area (Å²) >= 11 is 0. The minimum Gasteiger partial charge on any atom is -0.370 e. The van der Waals surface area contributed by atoms with Gasteiger partial charge in [0.2, 0.25) is 5.91 Å². The van der Waals surface area contributed by atoms with Gasteiger partial charge in [0.05, 0.1) is 5.69 Å². The van der Waals surface area contributed by atoms with Crippen LogP contribution >= 0.6 is 0 Å². The van der Waals surface area contributed by atoms with Crippen molar-refractivity contribution in [1.82, 2.24) is 9.78 Å². The highest BCUT2D eigenvalue weighted by atomic mass is 19.1. The lowest BCUT2D eigenvalue weighted by atomic mass is 10.0. The summed E-state index contributed by atoms with van der Waals surface area (Å²) in [5.41, 5.74) is 9.08. The van der Waals surface area contributed by atoms with Crippen LogP contribution in [0.3, 0.4) is 0 Å². The summed E-state index contributed by atoms with van der Waals surface area (Å²) in [4.78, 5) is 11.8. The van der Waals surface area contributed by atoms with Crippen LogP contribution < -0.4 is 11.1 Å². The average molecular weight is 290 g/mol. The SMILES string of the molecule is Cc1cc(F)cc(NC(C(N)=O)c2c(C)nn(C)c2C)c1. The Hall–Kier alpha value is -2.37. The quantitative estimate of drug-likeness (QED) is 0.906. The maximum absolute atomic E-state index is 13.5. The Morgan fingerprint density at radius 3 is 2.48 bits per heavy atom. The van der Waals surface area contributed by atoms with E-state index < -0.39 is 11.9 Å². The Balaban J connectivity index is 2.42. The van der Waals surface area contributed by atoms with Crippen LogP contribution in [0.4, 0.5) is 10.1 Å². The van der Waals surface area contributed by atoms with Gasteiger partial charge >= 0.3 is 0 Å². The number of amides is 1. The van der Waals surface area contributed by atoms with Crippen LogP contribution in [0, 0.1) is 26.6 Å². The van der Waals surface area contributed by atoms with E-state index in [0.717, 1.165) is 22.5 Å². The molecule has 3 N–H and O–H groups in total. The van der Waals surface area contributed by atoms with Crippen LogP contribution in [-0.2, 0) is 11.8 Å². The standard InChI is InChI=1S/C15H19FN4O/c1-8-5-11(16)7-12(6-8)18-14(15(17)21)13-9(2)19-20(4)10(13)3/h5-7,14,18H,1-4H3,(H2,17,21). The first kappa shape index (κ1) is 15.0. The van der Waals surface area contributed by atoms with Gasteiger partial charge in [0.15, 0.2) is 0 Å². The number of rotatable bonds is 4. The number of hydrogen-bond acceptors (Lipinski definition) is 3. The summed E-state index contributed by atoms with van der Waals surface area (Å²) in [6, 6.07) is 3.77. The van der Waals surface area contributed by atoms with E-state index >= 15 is 0 Å². The van der Waals surface area contributed by atoms with Crippen molar-refractivity contribution in [2.24, 2.45) is 12.8 Å². The molecular formula is C15H19FN4O. The van der Waals surface area contributed by atoms with E-state index in [1.54, 1.807) is 24.7 Å². The number of nitrogens with two attached hydrogens (primary N) is 1. The highest BCUT2D eigenvalue weighted by molar-refractivity contribution is 5.85. The maximum Gasteiger partial charge on any atom is 0.244 e. The van der Waals surface area contributed by atoms with Crippen LogP contribution in [0.2, 0.25) is 0 Å². The van der Waals surface area contributed by atoms with Crippen molar-refractivity contribution in [2.75, 3.05) is 5.32 Å². The molecule has 0 saturated heterocycles. The molecule has 6 heteroatoms. The highest BCUT2D eigenvalue weighted by Gasteiger charge is 2.25. The molecule has 0 radical (unpaired) electrons. The summed E-state index contributed by atoms with van der Waals surface area (Å²) in [7, 11) is 1.80. The zero-order chi connectivity index (χ0) is 15.7. The molecule has 0 spiro atoms. The van der Waals surface area contributed by atoms with Crippen LogP contribution in [0.25, 0.3) is 0 Å². The number of hydrogen-bond donors (Lipinski definition) is 2. The molecule has 2 rings (SSSR count). The summed E-state index contributed by atoms with van der Waals surface area (Å²) in [6.07, 6.45) is 0. The zero-order valence-electron chi connectivity index (χ0n) is 12.6. The third-order valence-corrected chi connectivity index (χ3v) is 3.49. The first-order valence-corrected chi connectivity index (χ1v) is 6.62. The molecule has 1 atom stereocenters. The van der Waals surface area contributed by atoms with Crippen molar-refractivity contribution in [2.45, 2.75) is 26.8 Å². The second-order valence-electron chi connectivity index (χ2n) is 5.21. The average Bonchev–Trinajstić information content (AvgIpc) is 2.59. The van der Waals surface area contributed by atoms with E-state index in [1.807, 2.05) is 13.8 Å². The van der Waals surface area contributed by atoms with Crippen molar-refractivity contribution < 1.29 is 9.18 Å². The van der Waals surface area contributed by atoms with Crippen molar-refractivity contribution in [3.05, 3.63) is 46.5 Å². The van der Waals surface area contributed by atoms with Crippen molar-refractivity contribution in [3.63, 3.8) is 0 Å². The zero-order valence-corrected chi connectivity index (χ0v) is 12.6. The number of halogens is 1. The number of carbonyl (C=O) groups excluding carboxylic acids is 1. The van der Waals surface area contributed by atoms with Gasteiger partial charge in [-0.15, -0.1) is 0 Å². The van der Waals surface area contributed by atoms with E-state index in [4.69, 9.17) is 5.73 Å². The lowest BCUT2D eigenvalue weighted by Crippen LogP contribution is -2.28. The molecule has 5 nitrogen and oxygen atoms in total. The molecule has 0 fully saturated rings. The lowest BCUT2D eigenvalue weighted by molar-refractivity contribution is -0.118. The van der Waals surface area contributed by atoms with E-state index in [1.165, 1.54) is 12.1 Å². The Labute approximate surface area is 123 Å². The Morgan fingerprint density at radius 2 is 2.00 bits per heavy atom. The predicted octanol–water partition coefficient (Wildman–Crippen LogP) is 2.12. The Morgan fingerprint density at radius 1 is 1.33 bits per heavy atom. The molecule has 2 aromatic rings. The van der Waals surface area contributed by atoms with Crippen molar-refractivity contribution in [1.29, 1.82) is 0 Å². The second kappa shape index (κ2) is 5.55. The summed E-state index contributed by atoms with van der Waals surface area (Å²) in [5.74, 6) is -0.892. The van der Waals surface area contributed by atoms with Gasteiger partial charge in [-0.1, -0.05) is 0 Å². The second-order valence-corrected chi connectivity index (χ2v) is 5.21. The van der Waals surface area contributed by atoms with Gasteiger partial charge < -0.3 is 11.1 Å². The van der Waals surface area contributed by atoms with Gasteiger partial charge in [-0.05, 0) is 44.5 Å². The number of aromatic nitrogens is 2. The van der Waals surface area contributed by atoms with Crippen molar-refractivity contribution in [3.8, 4) is 0 Å². The number of carbonyl (C=O) groups is 1. The number of nitrogens with zero attached hydrogens (tertiary/aromatic N) is 2. The molecule has 0 saturated carbocycles. The molecule has 0 aliphatic rings.